The van der Waals surface area contributed by atoms with Gasteiger partial charge in [0, 0.05) is 6.42 Å². The molecule has 36 heavy (non-hydrogen) atoms. The van der Waals surface area contributed by atoms with E-state index in [0.29, 0.717) is 12.8 Å². The number of hydrogen-bond acceptors (Lipinski definition) is 7. The number of hydrogen-bond donors (Lipinski definition) is 3. The second kappa shape index (κ2) is 16.3. The molecule has 3 N–H and O–H groups in total. The van der Waals surface area contributed by atoms with E-state index >= 15 is 0 Å². The summed E-state index contributed by atoms with van der Waals surface area (Å²) in [4.78, 5) is 24.8. The highest BCUT2D eigenvalue weighted by molar-refractivity contribution is 5.91. The molecule has 1 aliphatic rings. The van der Waals surface area contributed by atoms with Crippen LogP contribution in [-0.4, -0.2) is 39.5 Å². The van der Waals surface area contributed by atoms with Crippen molar-refractivity contribution in [2.75, 3.05) is 0 Å². The number of esters is 2. The van der Waals surface area contributed by atoms with Crippen molar-refractivity contribution in [3.05, 3.63) is 17.7 Å². The highest BCUT2D eigenvalue weighted by Gasteiger charge is 2.43. The summed E-state index contributed by atoms with van der Waals surface area (Å²) in [5, 5.41) is 29.1. The Balaban J connectivity index is 1.90. The van der Waals surface area contributed by atoms with Crippen LogP contribution in [0, 0.1) is 5.92 Å². The van der Waals surface area contributed by atoms with Crippen molar-refractivity contribution in [1.29, 1.82) is 0 Å². The maximum Gasteiger partial charge on any atom is 0.338 e. The average Bonchev–Trinajstić information content (AvgIpc) is 2.85. The van der Waals surface area contributed by atoms with E-state index in [1.54, 1.807) is 0 Å². The highest BCUT2D eigenvalue weighted by atomic mass is 16.6. The topological polar surface area (TPSA) is 113 Å². The van der Waals surface area contributed by atoms with Crippen molar-refractivity contribution in [3.8, 4) is 17.2 Å². The fraction of sp³-hybridized carbons (Fsp3) is 0.724. The monoisotopic (exact) mass is 506 g/mol. The summed E-state index contributed by atoms with van der Waals surface area (Å²) < 4.78 is 11.2. The first-order valence-electron chi connectivity index (χ1n) is 14.0. The van der Waals surface area contributed by atoms with Gasteiger partial charge < -0.3 is 24.8 Å². The molecule has 204 valence electrons. The lowest BCUT2D eigenvalue weighted by molar-refractivity contribution is -0.188. The molecule has 0 spiro atoms. The molecule has 1 aromatic carbocycles. The number of rotatable bonds is 19. The van der Waals surface area contributed by atoms with E-state index in [0.717, 1.165) is 63.5 Å². The Bertz CT molecular complexity index is 784. The Hall–Kier alpha value is -2.44. The van der Waals surface area contributed by atoms with E-state index in [1.165, 1.54) is 38.5 Å². The van der Waals surface area contributed by atoms with Crippen LogP contribution < -0.4 is 0 Å². The van der Waals surface area contributed by atoms with Crippen LogP contribution in [0.3, 0.4) is 0 Å². The number of ether oxygens (including phenoxy) is 2. The zero-order valence-corrected chi connectivity index (χ0v) is 22.2. The standard InChI is InChI=1S/C29H46O7/c1-3-5-7-9-10-11-12-13-14-16-22(20-26-23(29(34)36-26)17-15-8-6-4-2)35-28(33)21-18-24(30)27(32)25(31)19-21/h18-19,22-23,26,30-32H,3-17,20H2,1-2H3/t22-,23-,26-/m0/s1. The Morgan fingerprint density at radius 1 is 0.861 bits per heavy atom. The van der Waals surface area contributed by atoms with Crippen LogP contribution in [0.25, 0.3) is 0 Å². The predicted molar refractivity (Wildman–Crippen MR) is 139 cm³/mol. The Morgan fingerprint density at radius 3 is 1.94 bits per heavy atom. The molecule has 1 fully saturated rings. The van der Waals surface area contributed by atoms with Crippen molar-refractivity contribution in [2.24, 2.45) is 5.92 Å². The molecule has 1 aromatic rings. The Kier molecular flexibility index (Phi) is 13.5. The molecule has 2 rings (SSSR count). The minimum atomic E-state index is -0.688. The lowest BCUT2D eigenvalue weighted by Crippen LogP contribution is -2.47. The maximum absolute atomic E-state index is 12.8. The van der Waals surface area contributed by atoms with Gasteiger partial charge in [0.2, 0.25) is 0 Å². The molecule has 0 unspecified atom stereocenters. The van der Waals surface area contributed by atoms with Gasteiger partial charge in [-0.2, -0.15) is 0 Å². The summed E-state index contributed by atoms with van der Waals surface area (Å²) in [6.07, 6.45) is 16.3. The van der Waals surface area contributed by atoms with Crippen molar-refractivity contribution < 1.29 is 34.4 Å². The summed E-state index contributed by atoms with van der Waals surface area (Å²) >= 11 is 0. The third-order valence-electron chi connectivity index (χ3n) is 7.09. The smallest absolute Gasteiger partial charge is 0.338 e. The SMILES string of the molecule is CCCCCCCCCCC[C@@H](C[C@@H]1OC(=O)[C@H]1CCCCCC)OC(=O)c1cc(O)c(O)c(O)c1. The fourth-order valence-corrected chi connectivity index (χ4v) is 4.81. The van der Waals surface area contributed by atoms with Crippen LogP contribution >= 0.6 is 0 Å². The third kappa shape index (κ3) is 9.90. The lowest BCUT2D eigenvalue weighted by Gasteiger charge is -2.37. The molecule has 1 saturated heterocycles. The summed E-state index contributed by atoms with van der Waals surface area (Å²) in [5.74, 6) is -2.85. The number of cyclic esters (lactones) is 1. The zero-order valence-electron chi connectivity index (χ0n) is 22.2. The van der Waals surface area contributed by atoms with Crippen LogP contribution in [-0.2, 0) is 14.3 Å². The summed E-state index contributed by atoms with van der Waals surface area (Å²) in [5.41, 5.74) is -0.0402. The molecule has 0 bridgehead atoms. The molecule has 0 aliphatic carbocycles. The first-order valence-corrected chi connectivity index (χ1v) is 14.0. The number of carbonyl (C=O) groups excluding carboxylic acids is 2. The third-order valence-corrected chi connectivity index (χ3v) is 7.09. The van der Waals surface area contributed by atoms with Gasteiger partial charge in [0.05, 0.1) is 11.5 Å². The van der Waals surface area contributed by atoms with Gasteiger partial charge in [-0.05, 0) is 31.4 Å². The van der Waals surface area contributed by atoms with Gasteiger partial charge >= 0.3 is 11.9 Å². The van der Waals surface area contributed by atoms with Crippen LogP contribution in [0.15, 0.2) is 12.1 Å². The second-order valence-electron chi connectivity index (χ2n) is 10.2. The van der Waals surface area contributed by atoms with E-state index in [4.69, 9.17) is 9.47 Å². The Labute approximate surface area is 216 Å². The number of benzene rings is 1. The molecule has 0 amide bonds. The van der Waals surface area contributed by atoms with Crippen molar-refractivity contribution >= 4 is 11.9 Å². The molecular formula is C29H46O7. The predicted octanol–water partition coefficient (Wildman–Crippen LogP) is 7.15. The Morgan fingerprint density at radius 2 is 1.39 bits per heavy atom. The fourth-order valence-electron chi connectivity index (χ4n) is 4.81. The summed E-state index contributed by atoms with van der Waals surface area (Å²) in [6, 6.07) is 2.15. The number of aromatic hydroxyl groups is 3. The van der Waals surface area contributed by atoms with Gasteiger partial charge in [-0.15, -0.1) is 0 Å². The molecule has 0 radical (unpaired) electrons. The largest absolute Gasteiger partial charge is 0.504 e. The van der Waals surface area contributed by atoms with E-state index in [9.17, 15) is 24.9 Å². The molecule has 7 nitrogen and oxygen atoms in total. The van der Waals surface area contributed by atoms with Gasteiger partial charge in [0.15, 0.2) is 17.2 Å². The van der Waals surface area contributed by atoms with Gasteiger partial charge in [-0.3, -0.25) is 4.79 Å². The van der Waals surface area contributed by atoms with Gasteiger partial charge in [-0.25, -0.2) is 4.79 Å². The van der Waals surface area contributed by atoms with Crippen LogP contribution in [0.2, 0.25) is 0 Å². The number of phenolic OH excluding ortho intramolecular Hbond substituents is 3. The minimum absolute atomic E-state index is 0.0402. The van der Waals surface area contributed by atoms with E-state index < -0.39 is 29.3 Å². The highest BCUT2D eigenvalue weighted by Crippen LogP contribution is 2.36. The van der Waals surface area contributed by atoms with Crippen molar-refractivity contribution in [2.45, 2.75) is 129 Å². The van der Waals surface area contributed by atoms with Crippen molar-refractivity contribution in [3.63, 3.8) is 0 Å². The number of carbonyl (C=O) groups is 2. The second-order valence-corrected chi connectivity index (χ2v) is 10.2. The lowest BCUT2D eigenvalue weighted by atomic mass is 9.86. The molecule has 0 aromatic heterocycles. The first kappa shape index (κ1) is 29.8. The molecule has 3 atom stereocenters. The normalized spacial score (nSPS) is 17.9. The molecule has 1 aliphatic heterocycles. The summed E-state index contributed by atoms with van der Waals surface area (Å²) in [6.45, 7) is 4.37. The molecule has 0 saturated carbocycles. The number of unbranched alkanes of at least 4 members (excludes halogenated alkanes) is 11. The van der Waals surface area contributed by atoms with Crippen LogP contribution in [0.5, 0.6) is 17.2 Å². The molecule has 1 heterocycles. The molecule has 7 heteroatoms. The van der Waals surface area contributed by atoms with Gasteiger partial charge in [0.25, 0.3) is 0 Å². The molecular weight excluding hydrogens is 460 g/mol. The first-order chi connectivity index (χ1) is 17.4. The van der Waals surface area contributed by atoms with E-state index in [-0.39, 0.29) is 23.6 Å². The van der Waals surface area contributed by atoms with Crippen LogP contribution in [0.4, 0.5) is 0 Å². The average molecular weight is 507 g/mol. The van der Waals surface area contributed by atoms with E-state index in [1.807, 2.05) is 0 Å². The summed E-state index contributed by atoms with van der Waals surface area (Å²) in [7, 11) is 0. The van der Waals surface area contributed by atoms with Gasteiger partial charge in [0.1, 0.15) is 12.2 Å². The maximum atomic E-state index is 12.8. The van der Waals surface area contributed by atoms with Crippen molar-refractivity contribution in [1.82, 2.24) is 0 Å². The quantitative estimate of drug-likeness (QED) is 0.104. The minimum Gasteiger partial charge on any atom is -0.504 e. The number of phenols is 3. The van der Waals surface area contributed by atoms with Crippen LogP contribution in [0.1, 0.15) is 127 Å². The zero-order chi connectivity index (χ0) is 26.3. The van der Waals surface area contributed by atoms with E-state index in [2.05, 4.69) is 13.8 Å². The van der Waals surface area contributed by atoms with Gasteiger partial charge in [-0.1, -0.05) is 90.9 Å².